The van der Waals surface area contributed by atoms with Crippen molar-refractivity contribution in [3.8, 4) is 0 Å². The first-order valence-corrected chi connectivity index (χ1v) is 13.5. The van der Waals surface area contributed by atoms with Crippen molar-refractivity contribution in [1.82, 2.24) is 4.98 Å². The topological polar surface area (TPSA) is 45.2 Å². The van der Waals surface area contributed by atoms with E-state index in [9.17, 15) is 5.11 Å². The Morgan fingerprint density at radius 1 is 1.23 bits per heavy atom. The molecule has 7 atom stereocenters. The molecule has 2 aromatic rings. The average Bonchev–Trinajstić information content (AvgIpc) is 3.32. The van der Waals surface area contributed by atoms with Crippen LogP contribution in [-0.2, 0) is 22.0 Å². The van der Waals surface area contributed by atoms with E-state index in [1.54, 1.807) is 0 Å². The summed E-state index contributed by atoms with van der Waals surface area (Å²) in [6, 6.07) is 6.98. The third kappa shape index (κ3) is 2.98. The molecule has 2 fully saturated rings. The molecule has 0 saturated heterocycles. The van der Waals surface area contributed by atoms with Crippen LogP contribution >= 0.6 is 0 Å². The summed E-state index contributed by atoms with van der Waals surface area (Å²) in [4.78, 5) is 3.97. The monoisotopic (exact) mass is 471 g/mol. The number of aliphatic hydroxyl groups is 1. The Hall–Kier alpha value is -2.10. The predicted octanol–water partition coefficient (Wildman–Crippen LogP) is 6.90. The van der Waals surface area contributed by atoms with Gasteiger partial charge in [0.1, 0.15) is 12.2 Å². The first-order valence-electron chi connectivity index (χ1n) is 13.5. The number of fused-ring (bicyclic) bond motifs is 9. The zero-order valence-electron chi connectivity index (χ0n) is 22.1. The smallest absolute Gasteiger partial charge is 0.108 e. The molecule has 0 spiro atoms. The average molecular weight is 472 g/mol. The second-order valence-corrected chi connectivity index (χ2v) is 12.9. The lowest BCUT2D eigenvalue weighted by Crippen LogP contribution is -2.58. The van der Waals surface area contributed by atoms with Gasteiger partial charge in [-0.1, -0.05) is 58.6 Å². The summed E-state index contributed by atoms with van der Waals surface area (Å²) in [5, 5.41) is 12.3. The van der Waals surface area contributed by atoms with Crippen LogP contribution in [0.3, 0.4) is 0 Å². The Kier molecular flexibility index (Phi) is 4.97. The maximum Gasteiger partial charge on any atom is 0.108 e. The Morgan fingerprint density at radius 2 is 2.00 bits per heavy atom. The van der Waals surface area contributed by atoms with Crippen LogP contribution in [0.25, 0.3) is 10.9 Å². The number of aromatic nitrogens is 1. The molecule has 2 saturated carbocycles. The van der Waals surface area contributed by atoms with Gasteiger partial charge in [0.25, 0.3) is 0 Å². The lowest BCUT2D eigenvalue weighted by molar-refractivity contribution is -0.101. The van der Waals surface area contributed by atoms with Crippen LogP contribution < -0.4 is 0 Å². The number of hydrogen-bond donors (Lipinski definition) is 2. The van der Waals surface area contributed by atoms with Crippen molar-refractivity contribution in [3.63, 3.8) is 0 Å². The van der Waals surface area contributed by atoms with Gasteiger partial charge in [0.15, 0.2) is 0 Å². The molecule has 6 rings (SSSR count). The number of benzene rings is 1. The molecule has 3 aliphatic carbocycles. The van der Waals surface area contributed by atoms with Crippen molar-refractivity contribution in [2.75, 3.05) is 0 Å². The summed E-state index contributed by atoms with van der Waals surface area (Å²) in [6.45, 7) is 19.6. The predicted molar refractivity (Wildman–Crippen MR) is 144 cm³/mol. The summed E-state index contributed by atoms with van der Waals surface area (Å²) >= 11 is 0. The lowest BCUT2D eigenvalue weighted by atomic mass is 9.44. The van der Waals surface area contributed by atoms with Gasteiger partial charge in [-0.3, -0.25) is 0 Å². The second kappa shape index (κ2) is 7.46. The molecule has 0 bridgehead atoms. The van der Waals surface area contributed by atoms with Gasteiger partial charge >= 0.3 is 0 Å². The van der Waals surface area contributed by atoms with Crippen LogP contribution in [0.15, 0.2) is 54.7 Å². The van der Waals surface area contributed by atoms with Crippen LogP contribution in [0.5, 0.6) is 0 Å². The van der Waals surface area contributed by atoms with Crippen LogP contribution in [0.1, 0.15) is 77.1 Å². The number of rotatable bonds is 3. The highest BCUT2D eigenvalue weighted by Crippen LogP contribution is 2.67. The maximum absolute atomic E-state index is 10.9. The molecule has 2 N–H and O–H groups in total. The molecule has 1 aliphatic heterocycles. The van der Waals surface area contributed by atoms with E-state index in [0.29, 0.717) is 11.8 Å². The van der Waals surface area contributed by atoms with Crippen LogP contribution in [0, 0.1) is 17.3 Å². The van der Waals surface area contributed by atoms with Crippen molar-refractivity contribution in [1.29, 1.82) is 0 Å². The highest BCUT2D eigenvalue weighted by atomic mass is 16.5. The minimum absolute atomic E-state index is 0.0492. The van der Waals surface area contributed by atoms with Gasteiger partial charge in [-0.15, -0.1) is 6.58 Å². The van der Waals surface area contributed by atoms with Crippen LogP contribution in [0.4, 0.5) is 0 Å². The molecule has 2 heterocycles. The summed E-state index contributed by atoms with van der Waals surface area (Å²) in [5.74, 6) is 1.10. The Bertz CT molecular complexity index is 1260. The molecule has 186 valence electrons. The van der Waals surface area contributed by atoms with E-state index in [-0.39, 0.29) is 28.5 Å². The van der Waals surface area contributed by atoms with E-state index in [2.05, 4.69) is 70.1 Å². The van der Waals surface area contributed by atoms with Crippen molar-refractivity contribution in [2.45, 2.75) is 95.9 Å². The first kappa shape index (κ1) is 23.3. The third-order valence-corrected chi connectivity index (χ3v) is 10.9. The molecule has 35 heavy (non-hydrogen) atoms. The molecular weight excluding hydrogens is 430 g/mol. The summed E-state index contributed by atoms with van der Waals surface area (Å²) in [6.07, 6.45) is 9.18. The lowest BCUT2D eigenvalue weighted by Gasteiger charge is -2.61. The van der Waals surface area contributed by atoms with Crippen molar-refractivity contribution in [3.05, 3.63) is 71.5 Å². The Balaban J connectivity index is 1.44. The van der Waals surface area contributed by atoms with Gasteiger partial charge in [-0.2, -0.15) is 0 Å². The van der Waals surface area contributed by atoms with Gasteiger partial charge < -0.3 is 14.8 Å². The minimum atomic E-state index is -0.592. The number of hydrogen-bond acceptors (Lipinski definition) is 2. The third-order valence-electron chi connectivity index (χ3n) is 10.9. The zero-order valence-corrected chi connectivity index (χ0v) is 22.1. The minimum Gasteiger partial charge on any atom is -0.386 e. The van der Waals surface area contributed by atoms with Crippen molar-refractivity contribution >= 4 is 10.9 Å². The van der Waals surface area contributed by atoms with Crippen LogP contribution in [0.2, 0.25) is 0 Å². The summed E-state index contributed by atoms with van der Waals surface area (Å²) < 4.78 is 6.44. The molecular formula is C32H41NO2. The molecule has 1 aromatic heterocycles. The summed E-state index contributed by atoms with van der Waals surface area (Å²) in [7, 11) is 0. The van der Waals surface area contributed by atoms with E-state index >= 15 is 0 Å². The SMILES string of the molecule is C=CC(C)(C)c1ccc2c3c([nH]c2c1)[C@@]1(C)[C@@H](CCC2C4=CC(O)C(C(=C)C)OC4CC[C@@]21C)C3. The zero-order chi connectivity index (χ0) is 24.9. The molecule has 3 heteroatoms. The van der Waals surface area contributed by atoms with Gasteiger partial charge in [0, 0.05) is 27.4 Å². The van der Waals surface area contributed by atoms with E-state index < -0.39 is 6.10 Å². The molecule has 1 aromatic carbocycles. The van der Waals surface area contributed by atoms with E-state index in [1.807, 2.05) is 13.0 Å². The fourth-order valence-corrected chi connectivity index (χ4v) is 8.39. The maximum atomic E-state index is 10.9. The standard InChI is InChI=1S/C32H41NO2/c1-8-30(4,5)19-9-11-21-22-15-20-10-12-24-23-17-26(34)28(18(2)3)35-27(23)13-14-31(24,6)32(20,7)29(22)33-25(21)16-19/h8-9,11,16-17,20,24,26-28,33-34H,1-2,10,12-15H2,3-7H3/t20-,24?,26?,27?,28?,31-,32+/m0/s1. The van der Waals surface area contributed by atoms with E-state index in [4.69, 9.17) is 4.74 Å². The van der Waals surface area contributed by atoms with Gasteiger partial charge in [0.05, 0.1) is 6.10 Å². The fraction of sp³-hybridized carbons (Fsp3) is 0.562. The van der Waals surface area contributed by atoms with E-state index in [0.717, 1.165) is 24.8 Å². The van der Waals surface area contributed by atoms with Crippen molar-refractivity contribution in [2.24, 2.45) is 17.3 Å². The Labute approximate surface area is 210 Å². The fourth-order valence-electron chi connectivity index (χ4n) is 8.39. The van der Waals surface area contributed by atoms with Crippen molar-refractivity contribution < 1.29 is 9.84 Å². The number of aromatic amines is 1. The number of ether oxygens (including phenoxy) is 1. The van der Waals surface area contributed by atoms with Gasteiger partial charge in [-0.25, -0.2) is 0 Å². The second-order valence-electron chi connectivity index (χ2n) is 12.9. The largest absolute Gasteiger partial charge is 0.386 e. The number of H-pyrrole nitrogens is 1. The molecule has 0 radical (unpaired) electrons. The molecule has 4 unspecified atom stereocenters. The Morgan fingerprint density at radius 3 is 2.71 bits per heavy atom. The van der Waals surface area contributed by atoms with Crippen LogP contribution in [-0.4, -0.2) is 28.4 Å². The molecule has 3 nitrogen and oxygen atoms in total. The van der Waals surface area contributed by atoms with E-state index in [1.165, 1.54) is 46.1 Å². The highest BCUT2D eigenvalue weighted by molar-refractivity contribution is 5.87. The molecule has 4 aliphatic rings. The number of nitrogens with one attached hydrogen (secondary N) is 1. The number of aliphatic hydroxyl groups excluding tert-OH is 1. The quantitative estimate of drug-likeness (QED) is 0.478. The van der Waals surface area contributed by atoms with Gasteiger partial charge in [-0.05, 0) is 84.6 Å². The highest BCUT2D eigenvalue weighted by Gasteiger charge is 2.63. The number of allylic oxidation sites excluding steroid dienone is 1. The normalized spacial score (nSPS) is 38.2. The first-order chi connectivity index (χ1) is 16.5. The summed E-state index contributed by atoms with van der Waals surface area (Å²) in [5.41, 5.74) is 8.00. The van der Waals surface area contributed by atoms with Gasteiger partial charge in [0.2, 0.25) is 0 Å². The molecule has 0 amide bonds.